The predicted octanol–water partition coefficient (Wildman–Crippen LogP) is 2.60. The molecule has 1 atom stereocenters. The zero-order chi connectivity index (χ0) is 10.4. The molecule has 1 aromatic heterocycles. The molecule has 80 valence electrons. The third-order valence-electron chi connectivity index (χ3n) is 3.35. The van der Waals surface area contributed by atoms with E-state index in [9.17, 15) is 4.79 Å². The third kappa shape index (κ3) is 1.46. The normalized spacial score (nSPS) is 25.0. The number of carbonyl (C=O) groups excluding carboxylic acids is 1. The van der Waals surface area contributed by atoms with Crippen molar-refractivity contribution in [3.8, 4) is 0 Å². The van der Waals surface area contributed by atoms with Gasteiger partial charge in [-0.3, -0.25) is 0 Å². The minimum atomic E-state index is 0.0492. The Balaban J connectivity index is 2.10. The Morgan fingerprint density at radius 1 is 1.40 bits per heavy atom. The maximum Gasteiger partial charge on any atom is 0.129 e. The lowest BCUT2D eigenvalue weighted by Gasteiger charge is -2.21. The highest BCUT2D eigenvalue weighted by Gasteiger charge is 2.34. The Labute approximate surface area is 97.0 Å². The maximum absolute atomic E-state index is 11.0. The summed E-state index contributed by atoms with van der Waals surface area (Å²) in [6.07, 6.45) is 5.65. The van der Waals surface area contributed by atoms with Gasteiger partial charge in [0.05, 0.1) is 11.6 Å². The van der Waals surface area contributed by atoms with Gasteiger partial charge in [0.2, 0.25) is 0 Å². The summed E-state index contributed by atoms with van der Waals surface area (Å²) in [4.78, 5) is 15.6. The molecule has 0 bridgehead atoms. The molecule has 0 N–H and O–H groups in total. The second-order valence-electron chi connectivity index (χ2n) is 4.46. The second-order valence-corrected chi connectivity index (χ2v) is 5.21. The lowest BCUT2D eigenvalue weighted by atomic mass is 9.98. The largest absolute Gasteiger partial charge is 0.330 e. The summed E-state index contributed by atoms with van der Waals surface area (Å²) < 4.78 is 3.16. The van der Waals surface area contributed by atoms with Crippen molar-refractivity contribution in [2.45, 2.75) is 44.1 Å². The Hall–Kier alpha value is -0.640. The van der Waals surface area contributed by atoms with Crippen LogP contribution in [0.1, 0.15) is 49.0 Å². The van der Waals surface area contributed by atoms with Gasteiger partial charge in [0.15, 0.2) is 0 Å². The van der Waals surface area contributed by atoms with E-state index in [1.54, 1.807) is 0 Å². The Morgan fingerprint density at radius 3 is 2.87 bits per heavy atom. The molecule has 0 aromatic carbocycles. The van der Waals surface area contributed by atoms with E-state index >= 15 is 0 Å². The smallest absolute Gasteiger partial charge is 0.129 e. The molecule has 4 heteroatoms. The average Bonchev–Trinajstić information content (AvgIpc) is 3.04. The fraction of sp³-hybridized carbons (Fsp3) is 0.636. The van der Waals surface area contributed by atoms with E-state index in [0.29, 0.717) is 5.92 Å². The summed E-state index contributed by atoms with van der Waals surface area (Å²) in [6.45, 7) is 1.03. The van der Waals surface area contributed by atoms with E-state index in [4.69, 9.17) is 0 Å². The first-order valence-electron chi connectivity index (χ1n) is 5.52. The second kappa shape index (κ2) is 3.44. The van der Waals surface area contributed by atoms with Crippen LogP contribution in [0.2, 0.25) is 0 Å². The van der Waals surface area contributed by atoms with Crippen LogP contribution in [0.15, 0.2) is 4.60 Å². The number of rotatable bonds is 2. The lowest BCUT2D eigenvalue weighted by Crippen LogP contribution is -2.17. The summed E-state index contributed by atoms with van der Waals surface area (Å²) >= 11 is 3.49. The number of fused-ring (bicyclic) bond motifs is 1. The maximum atomic E-state index is 11.0. The molecule has 1 unspecified atom stereocenters. The van der Waals surface area contributed by atoms with Crippen molar-refractivity contribution in [1.82, 2.24) is 9.55 Å². The molecule has 0 saturated heterocycles. The predicted molar refractivity (Wildman–Crippen MR) is 59.9 cm³/mol. The van der Waals surface area contributed by atoms with Gasteiger partial charge < -0.3 is 9.36 Å². The van der Waals surface area contributed by atoms with Gasteiger partial charge in [-0.15, -0.1) is 0 Å². The van der Waals surface area contributed by atoms with Gasteiger partial charge in [0.25, 0.3) is 0 Å². The van der Waals surface area contributed by atoms with Gasteiger partial charge in [0, 0.05) is 12.5 Å². The summed E-state index contributed by atoms with van der Waals surface area (Å²) in [7, 11) is 0. The zero-order valence-corrected chi connectivity index (χ0v) is 10.0. The van der Waals surface area contributed by atoms with Gasteiger partial charge in [-0.1, -0.05) is 0 Å². The van der Waals surface area contributed by atoms with Gasteiger partial charge in [-0.25, -0.2) is 4.98 Å². The Bertz CT molecular complexity index is 409. The van der Waals surface area contributed by atoms with Crippen molar-refractivity contribution in [3.05, 3.63) is 16.1 Å². The molecule has 3 nitrogen and oxygen atoms in total. The van der Waals surface area contributed by atoms with Crippen LogP contribution in [-0.4, -0.2) is 15.8 Å². The van der Waals surface area contributed by atoms with E-state index in [1.807, 2.05) is 0 Å². The van der Waals surface area contributed by atoms with Crippen LogP contribution in [0.4, 0.5) is 0 Å². The molecule has 2 aliphatic rings. The van der Waals surface area contributed by atoms with Crippen molar-refractivity contribution < 1.29 is 4.79 Å². The van der Waals surface area contributed by atoms with Gasteiger partial charge in [-0.05, 0) is 41.6 Å². The number of aldehydes is 1. The van der Waals surface area contributed by atoms with Crippen molar-refractivity contribution >= 4 is 22.2 Å². The van der Waals surface area contributed by atoms with Crippen LogP contribution in [-0.2, 0) is 11.3 Å². The van der Waals surface area contributed by atoms with Crippen LogP contribution < -0.4 is 0 Å². The third-order valence-corrected chi connectivity index (χ3v) is 3.93. The van der Waals surface area contributed by atoms with Crippen LogP contribution in [0, 0.1) is 0 Å². The molecule has 0 spiro atoms. The van der Waals surface area contributed by atoms with Gasteiger partial charge in [-0.2, -0.15) is 0 Å². The highest BCUT2D eigenvalue weighted by atomic mass is 79.9. The molecular formula is C11H13BrN2O. The molecule has 1 fully saturated rings. The van der Waals surface area contributed by atoms with Crippen LogP contribution in [0.3, 0.4) is 0 Å². The molecule has 15 heavy (non-hydrogen) atoms. The molecule has 3 rings (SSSR count). The van der Waals surface area contributed by atoms with Gasteiger partial charge in [0.1, 0.15) is 16.7 Å². The van der Waals surface area contributed by atoms with Crippen molar-refractivity contribution in [2.24, 2.45) is 0 Å². The quantitative estimate of drug-likeness (QED) is 0.773. The molecule has 1 aliphatic carbocycles. The minimum Gasteiger partial charge on any atom is -0.330 e. The first kappa shape index (κ1) is 9.58. The SMILES string of the molecule is O=CC1CCCn2c(C3CC3)nc(Br)c21. The van der Waals surface area contributed by atoms with E-state index < -0.39 is 0 Å². The Kier molecular flexibility index (Phi) is 2.20. The first-order valence-corrected chi connectivity index (χ1v) is 6.31. The fourth-order valence-electron chi connectivity index (χ4n) is 2.43. The number of imidazole rings is 1. The first-order chi connectivity index (χ1) is 7.31. The average molecular weight is 269 g/mol. The number of aromatic nitrogens is 2. The molecule has 1 saturated carbocycles. The van der Waals surface area contributed by atoms with Crippen molar-refractivity contribution in [2.75, 3.05) is 0 Å². The van der Waals surface area contributed by atoms with Crippen LogP contribution >= 0.6 is 15.9 Å². The molecule has 0 amide bonds. The lowest BCUT2D eigenvalue weighted by molar-refractivity contribution is -0.109. The summed E-state index contributed by atoms with van der Waals surface area (Å²) in [5.41, 5.74) is 1.11. The van der Waals surface area contributed by atoms with E-state index in [-0.39, 0.29) is 5.92 Å². The van der Waals surface area contributed by atoms with E-state index in [1.165, 1.54) is 18.7 Å². The number of hydrogen-bond donors (Lipinski definition) is 0. The van der Waals surface area contributed by atoms with E-state index in [2.05, 4.69) is 25.5 Å². The zero-order valence-electron chi connectivity index (χ0n) is 8.45. The molecule has 0 radical (unpaired) electrons. The van der Waals surface area contributed by atoms with Crippen molar-refractivity contribution in [3.63, 3.8) is 0 Å². The topological polar surface area (TPSA) is 34.9 Å². The number of hydrogen-bond acceptors (Lipinski definition) is 2. The highest BCUT2D eigenvalue weighted by molar-refractivity contribution is 9.10. The number of nitrogens with zero attached hydrogens (tertiary/aromatic N) is 2. The van der Waals surface area contributed by atoms with Crippen molar-refractivity contribution in [1.29, 1.82) is 0 Å². The minimum absolute atomic E-state index is 0.0492. The molecule has 1 aliphatic heterocycles. The standard InChI is InChI=1S/C11H13BrN2O/c12-10-9-8(6-15)2-1-5-14(9)11(13-10)7-3-4-7/h6-8H,1-5H2. The molecule has 1 aromatic rings. The number of halogens is 1. The molecular weight excluding hydrogens is 256 g/mol. The van der Waals surface area contributed by atoms with Gasteiger partial charge >= 0.3 is 0 Å². The number of carbonyl (C=O) groups is 1. The monoisotopic (exact) mass is 268 g/mol. The summed E-state index contributed by atoms with van der Waals surface area (Å²) in [6, 6.07) is 0. The Morgan fingerprint density at radius 2 is 2.20 bits per heavy atom. The van der Waals surface area contributed by atoms with E-state index in [0.717, 1.165) is 36.0 Å². The fourth-order valence-corrected chi connectivity index (χ4v) is 3.12. The highest BCUT2D eigenvalue weighted by Crippen LogP contribution is 2.43. The van der Waals surface area contributed by atoms with Crippen LogP contribution in [0.25, 0.3) is 0 Å². The van der Waals surface area contributed by atoms with Crippen LogP contribution in [0.5, 0.6) is 0 Å². The molecule has 2 heterocycles. The summed E-state index contributed by atoms with van der Waals surface area (Å²) in [5, 5.41) is 0. The summed E-state index contributed by atoms with van der Waals surface area (Å²) in [5.74, 6) is 1.90.